The Morgan fingerprint density at radius 2 is 2.23 bits per heavy atom. The fourth-order valence-electron chi connectivity index (χ4n) is 0.978. The molecule has 0 saturated heterocycles. The summed E-state index contributed by atoms with van der Waals surface area (Å²) >= 11 is 0. The van der Waals surface area contributed by atoms with Crippen LogP contribution in [0, 0.1) is 0 Å². The highest BCUT2D eigenvalue weighted by atomic mass is 16.5. The molecule has 3 nitrogen and oxygen atoms in total. The molecule has 1 N–H and O–H groups in total. The molecule has 0 aromatic heterocycles. The molecule has 1 aromatic carbocycles. The standard InChI is InChI=1S/C10H12NO2/c1-8(2)13-10-5-3-4-9(6-10)11-7-12/h3-6,8H,1-2H3,(H,11,12). The molecule has 0 aliphatic heterocycles. The van der Waals surface area contributed by atoms with Crippen LogP contribution in [0.4, 0.5) is 5.69 Å². The topological polar surface area (TPSA) is 38.3 Å². The van der Waals surface area contributed by atoms with Crippen molar-refractivity contribution in [1.29, 1.82) is 0 Å². The van der Waals surface area contributed by atoms with E-state index in [1.54, 1.807) is 18.5 Å². The number of amides is 1. The van der Waals surface area contributed by atoms with Crippen LogP contribution in [0.2, 0.25) is 0 Å². The third-order valence-electron chi connectivity index (χ3n) is 1.40. The molecule has 3 heteroatoms. The van der Waals surface area contributed by atoms with Gasteiger partial charge < -0.3 is 10.1 Å². The van der Waals surface area contributed by atoms with E-state index in [2.05, 4.69) is 5.32 Å². The number of carbonyl (C=O) groups excluding carboxylic acids is 1. The van der Waals surface area contributed by atoms with Gasteiger partial charge in [0.25, 0.3) is 0 Å². The van der Waals surface area contributed by atoms with Crippen molar-refractivity contribution in [1.82, 2.24) is 0 Å². The summed E-state index contributed by atoms with van der Waals surface area (Å²) in [4.78, 5) is 10.0. The summed E-state index contributed by atoms with van der Waals surface area (Å²) in [5.74, 6) is 0.746. The van der Waals surface area contributed by atoms with Gasteiger partial charge in [-0.3, -0.25) is 4.79 Å². The Bertz CT molecular complexity index is 284. The number of ether oxygens (including phenoxy) is 1. The van der Waals surface area contributed by atoms with E-state index in [1.165, 1.54) is 0 Å². The number of hydrogen-bond acceptors (Lipinski definition) is 2. The van der Waals surface area contributed by atoms with Crippen molar-refractivity contribution in [2.24, 2.45) is 0 Å². The molecule has 0 spiro atoms. The Hall–Kier alpha value is -1.51. The second kappa shape index (κ2) is 4.50. The molecular weight excluding hydrogens is 166 g/mol. The Labute approximate surface area is 77.7 Å². The highest BCUT2D eigenvalue weighted by molar-refractivity contribution is 5.72. The minimum Gasteiger partial charge on any atom is -0.491 e. The third-order valence-corrected chi connectivity index (χ3v) is 1.40. The van der Waals surface area contributed by atoms with Crippen LogP contribution >= 0.6 is 0 Å². The van der Waals surface area contributed by atoms with Gasteiger partial charge in [0.1, 0.15) is 5.75 Å². The number of rotatable bonds is 4. The van der Waals surface area contributed by atoms with Gasteiger partial charge in [0.05, 0.1) is 6.10 Å². The van der Waals surface area contributed by atoms with Gasteiger partial charge in [0, 0.05) is 11.8 Å². The van der Waals surface area contributed by atoms with E-state index in [9.17, 15) is 4.79 Å². The van der Waals surface area contributed by atoms with Crippen LogP contribution in [0.15, 0.2) is 24.3 Å². The maximum atomic E-state index is 10.0. The second-order valence-electron chi connectivity index (χ2n) is 2.92. The van der Waals surface area contributed by atoms with Crippen LogP contribution in [-0.4, -0.2) is 12.5 Å². The van der Waals surface area contributed by atoms with Crippen molar-refractivity contribution in [3.8, 4) is 5.75 Å². The predicted molar refractivity (Wildman–Crippen MR) is 51.5 cm³/mol. The first-order chi connectivity index (χ1) is 6.22. The molecule has 0 fully saturated rings. The van der Waals surface area contributed by atoms with E-state index in [1.807, 2.05) is 26.0 Å². The van der Waals surface area contributed by atoms with Gasteiger partial charge in [-0.25, -0.2) is 0 Å². The lowest BCUT2D eigenvalue weighted by Crippen LogP contribution is -2.05. The molecule has 0 bridgehead atoms. The quantitative estimate of drug-likeness (QED) is 0.715. The molecule has 1 amide bonds. The first kappa shape index (κ1) is 9.58. The van der Waals surface area contributed by atoms with Gasteiger partial charge in [-0.05, 0) is 26.0 Å². The fourth-order valence-corrected chi connectivity index (χ4v) is 0.978. The normalized spacial score (nSPS) is 9.77. The largest absolute Gasteiger partial charge is 0.491 e. The zero-order valence-electron chi connectivity index (χ0n) is 7.70. The van der Waals surface area contributed by atoms with Crippen molar-refractivity contribution in [2.75, 3.05) is 5.32 Å². The van der Waals surface area contributed by atoms with Crippen LogP contribution in [0.1, 0.15) is 13.8 Å². The average Bonchev–Trinajstić information content (AvgIpc) is 2.04. The van der Waals surface area contributed by atoms with Gasteiger partial charge in [-0.2, -0.15) is 0 Å². The molecular formula is C10H12NO2. The summed E-state index contributed by atoms with van der Waals surface area (Å²) in [7, 11) is 0. The fraction of sp³-hybridized carbons (Fsp3) is 0.300. The lowest BCUT2D eigenvalue weighted by Gasteiger charge is -2.09. The molecule has 0 atom stereocenters. The van der Waals surface area contributed by atoms with Gasteiger partial charge in [-0.15, -0.1) is 0 Å². The maximum absolute atomic E-state index is 10.0. The summed E-state index contributed by atoms with van der Waals surface area (Å²) in [5, 5.41) is 2.44. The SMILES string of the molecule is CC(C)Oc1cccc(N[C]=O)c1. The van der Waals surface area contributed by atoms with E-state index in [-0.39, 0.29) is 6.10 Å². The van der Waals surface area contributed by atoms with Crippen LogP contribution in [-0.2, 0) is 4.79 Å². The van der Waals surface area contributed by atoms with Crippen molar-refractivity contribution in [3.05, 3.63) is 24.3 Å². The predicted octanol–water partition coefficient (Wildman–Crippen LogP) is 1.95. The summed E-state index contributed by atoms with van der Waals surface area (Å²) in [5.41, 5.74) is 0.688. The van der Waals surface area contributed by atoms with E-state index in [0.717, 1.165) is 5.75 Å². The summed E-state index contributed by atoms with van der Waals surface area (Å²) in [6.07, 6.45) is 1.74. The molecule has 0 unspecified atom stereocenters. The molecule has 0 aliphatic carbocycles. The summed E-state index contributed by atoms with van der Waals surface area (Å²) in [6, 6.07) is 7.19. The van der Waals surface area contributed by atoms with Crippen molar-refractivity contribution in [2.45, 2.75) is 20.0 Å². The van der Waals surface area contributed by atoms with Gasteiger partial charge in [0.2, 0.25) is 0 Å². The molecule has 0 heterocycles. The first-order valence-corrected chi connectivity index (χ1v) is 4.12. The van der Waals surface area contributed by atoms with Crippen molar-refractivity contribution in [3.63, 3.8) is 0 Å². The average molecular weight is 178 g/mol. The molecule has 1 rings (SSSR count). The summed E-state index contributed by atoms with van der Waals surface area (Å²) in [6.45, 7) is 3.90. The zero-order valence-corrected chi connectivity index (χ0v) is 7.70. The zero-order chi connectivity index (χ0) is 9.68. The van der Waals surface area contributed by atoms with Gasteiger partial charge in [0.15, 0.2) is 0 Å². The van der Waals surface area contributed by atoms with Crippen molar-refractivity contribution < 1.29 is 9.53 Å². The van der Waals surface area contributed by atoms with E-state index < -0.39 is 0 Å². The summed E-state index contributed by atoms with van der Waals surface area (Å²) < 4.78 is 5.43. The molecule has 0 aliphatic rings. The highest BCUT2D eigenvalue weighted by Gasteiger charge is 1.98. The molecule has 1 aromatic rings. The van der Waals surface area contributed by atoms with Gasteiger partial charge >= 0.3 is 6.41 Å². The number of benzene rings is 1. The first-order valence-electron chi connectivity index (χ1n) is 4.12. The third kappa shape index (κ3) is 3.15. The van der Waals surface area contributed by atoms with Gasteiger partial charge in [-0.1, -0.05) is 6.07 Å². The van der Waals surface area contributed by atoms with Crippen LogP contribution in [0.25, 0.3) is 0 Å². The van der Waals surface area contributed by atoms with Crippen LogP contribution in [0.5, 0.6) is 5.75 Å². The minimum absolute atomic E-state index is 0.135. The second-order valence-corrected chi connectivity index (χ2v) is 2.92. The number of hydrogen-bond donors (Lipinski definition) is 1. The smallest absolute Gasteiger partial charge is 0.314 e. The lowest BCUT2D eigenvalue weighted by molar-refractivity contribution is 0.242. The molecule has 13 heavy (non-hydrogen) atoms. The molecule has 1 radical (unpaired) electrons. The minimum atomic E-state index is 0.135. The molecule has 0 saturated carbocycles. The van der Waals surface area contributed by atoms with Crippen LogP contribution in [0.3, 0.4) is 0 Å². The van der Waals surface area contributed by atoms with E-state index >= 15 is 0 Å². The molecule has 69 valence electrons. The Morgan fingerprint density at radius 3 is 2.85 bits per heavy atom. The number of anilines is 1. The number of nitrogens with one attached hydrogen (secondary N) is 1. The Morgan fingerprint density at radius 1 is 1.46 bits per heavy atom. The highest BCUT2D eigenvalue weighted by Crippen LogP contribution is 2.17. The van der Waals surface area contributed by atoms with Crippen LogP contribution < -0.4 is 10.1 Å². The Balaban J connectivity index is 2.72. The van der Waals surface area contributed by atoms with E-state index in [0.29, 0.717) is 5.69 Å². The Kier molecular flexibility index (Phi) is 3.31. The monoisotopic (exact) mass is 178 g/mol. The van der Waals surface area contributed by atoms with Crippen molar-refractivity contribution >= 4 is 12.1 Å². The lowest BCUT2D eigenvalue weighted by atomic mass is 10.3. The van der Waals surface area contributed by atoms with E-state index in [4.69, 9.17) is 4.74 Å². The maximum Gasteiger partial charge on any atom is 0.314 e.